The Balaban J connectivity index is 2.00. The molecule has 0 saturated heterocycles. The van der Waals surface area contributed by atoms with E-state index in [0.29, 0.717) is 12.4 Å². The average Bonchev–Trinajstić information content (AvgIpc) is 2.87. The Kier molecular flexibility index (Phi) is 3.58. The zero-order valence-corrected chi connectivity index (χ0v) is 11.8. The number of methoxy groups -OCH3 is 1. The molecule has 1 heterocycles. The number of carbonyl (C=O) groups excluding carboxylic acids is 1. The smallest absolute Gasteiger partial charge is 0.269 e. The number of carbonyl (C=O) groups is 1. The summed E-state index contributed by atoms with van der Waals surface area (Å²) in [7, 11) is 1.60. The van der Waals surface area contributed by atoms with Crippen LogP contribution in [-0.2, 0) is 17.9 Å². The molecule has 2 aromatic rings. The molecular weight excluding hydrogens is 266 g/mol. The van der Waals surface area contributed by atoms with Crippen molar-refractivity contribution < 1.29 is 9.53 Å². The molecule has 5 nitrogen and oxygen atoms in total. The van der Waals surface area contributed by atoms with Crippen molar-refractivity contribution in [2.75, 3.05) is 7.11 Å². The predicted molar refractivity (Wildman–Crippen MR) is 79.7 cm³/mol. The minimum absolute atomic E-state index is 0.270. The van der Waals surface area contributed by atoms with E-state index in [-0.39, 0.29) is 5.92 Å². The normalized spacial score (nSPS) is 16.7. The van der Waals surface area contributed by atoms with Gasteiger partial charge in [0, 0.05) is 25.0 Å². The molecule has 108 valence electrons. The van der Waals surface area contributed by atoms with Crippen LogP contribution in [0.15, 0.2) is 36.4 Å². The Morgan fingerprint density at radius 2 is 2.19 bits per heavy atom. The lowest BCUT2D eigenvalue weighted by molar-refractivity contribution is 0.0985. The van der Waals surface area contributed by atoms with E-state index in [1.54, 1.807) is 11.8 Å². The molecule has 0 aliphatic heterocycles. The number of allylic oxidation sites excluding steroid dienone is 1. The Morgan fingerprint density at radius 3 is 2.86 bits per heavy atom. The monoisotopic (exact) mass is 283 g/mol. The Hall–Kier alpha value is -2.40. The standard InChI is InChI=1S/C16H17N3O2/c1-21-10-19-14-9-12(11-5-3-2-4-6-11)7-8-13(14)15(18-19)16(17)20/h2-8,12H,9-10H2,1H3,(H2,17,20). The number of ether oxygens (including phenoxy) is 1. The van der Waals surface area contributed by atoms with Crippen LogP contribution in [0, 0.1) is 0 Å². The topological polar surface area (TPSA) is 70.1 Å². The lowest BCUT2D eigenvalue weighted by Crippen LogP contribution is -2.14. The maximum atomic E-state index is 11.5. The lowest BCUT2D eigenvalue weighted by Gasteiger charge is -2.19. The van der Waals surface area contributed by atoms with Gasteiger partial charge in [-0.2, -0.15) is 5.10 Å². The zero-order chi connectivity index (χ0) is 14.8. The number of nitrogens with zero attached hydrogens (tertiary/aromatic N) is 2. The Labute approximate surface area is 123 Å². The van der Waals surface area contributed by atoms with Crippen molar-refractivity contribution in [1.82, 2.24) is 9.78 Å². The first kappa shape index (κ1) is 13.6. The van der Waals surface area contributed by atoms with Gasteiger partial charge in [0.1, 0.15) is 6.73 Å². The van der Waals surface area contributed by atoms with Crippen molar-refractivity contribution in [3.63, 3.8) is 0 Å². The highest BCUT2D eigenvalue weighted by atomic mass is 16.5. The highest BCUT2D eigenvalue weighted by Gasteiger charge is 2.25. The molecule has 1 unspecified atom stereocenters. The fraction of sp³-hybridized carbons (Fsp3) is 0.250. The largest absolute Gasteiger partial charge is 0.364 e. The van der Waals surface area contributed by atoms with Crippen LogP contribution in [0.3, 0.4) is 0 Å². The molecule has 3 rings (SSSR count). The van der Waals surface area contributed by atoms with Crippen molar-refractivity contribution in [2.24, 2.45) is 5.73 Å². The Morgan fingerprint density at radius 1 is 1.43 bits per heavy atom. The van der Waals surface area contributed by atoms with Crippen LogP contribution in [0.25, 0.3) is 6.08 Å². The predicted octanol–water partition coefficient (Wildman–Crippen LogP) is 1.94. The maximum absolute atomic E-state index is 11.5. The van der Waals surface area contributed by atoms with Crippen LogP contribution in [0.2, 0.25) is 0 Å². The lowest BCUT2D eigenvalue weighted by atomic mass is 9.88. The number of hydrogen-bond donors (Lipinski definition) is 1. The third-order valence-electron chi connectivity index (χ3n) is 3.72. The number of rotatable bonds is 4. The van der Waals surface area contributed by atoms with E-state index in [9.17, 15) is 4.79 Å². The summed E-state index contributed by atoms with van der Waals surface area (Å²) in [6.07, 6.45) is 4.82. The Bertz CT molecular complexity index is 689. The van der Waals surface area contributed by atoms with Gasteiger partial charge in [-0.15, -0.1) is 0 Å². The second kappa shape index (κ2) is 5.54. The summed E-state index contributed by atoms with van der Waals surface area (Å²) in [5.41, 5.74) is 8.75. The summed E-state index contributed by atoms with van der Waals surface area (Å²) in [6, 6.07) is 10.3. The highest BCUT2D eigenvalue weighted by molar-refractivity contribution is 5.95. The van der Waals surface area contributed by atoms with Crippen molar-refractivity contribution in [1.29, 1.82) is 0 Å². The zero-order valence-electron chi connectivity index (χ0n) is 11.8. The van der Waals surface area contributed by atoms with E-state index in [1.165, 1.54) is 5.56 Å². The molecule has 0 fully saturated rings. The van der Waals surface area contributed by atoms with E-state index in [2.05, 4.69) is 23.3 Å². The third-order valence-corrected chi connectivity index (χ3v) is 3.72. The van der Waals surface area contributed by atoms with Gasteiger partial charge in [0.2, 0.25) is 0 Å². The van der Waals surface area contributed by atoms with Crippen LogP contribution in [0.1, 0.15) is 33.2 Å². The van der Waals surface area contributed by atoms with Crippen molar-refractivity contribution in [3.8, 4) is 0 Å². The van der Waals surface area contributed by atoms with Gasteiger partial charge in [0.15, 0.2) is 5.69 Å². The molecule has 1 aliphatic rings. The van der Waals surface area contributed by atoms with Gasteiger partial charge in [-0.25, -0.2) is 4.68 Å². The first-order chi connectivity index (χ1) is 10.2. The van der Waals surface area contributed by atoms with Crippen LogP contribution in [0.4, 0.5) is 0 Å². The van der Waals surface area contributed by atoms with E-state index >= 15 is 0 Å². The molecule has 2 N–H and O–H groups in total. The molecule has 0 bridgehead atoms. The fourth-order valence-electron chi connectivity index (χ4n) is 2.73. The van der Waals surface area contributed by atoms with E-state index in [4.69, 9.17) is 10.5 Å². The van der Waals surface area contributed by atoms with Gasteiger partial charge >= 0.3 is 0 Å². The summed E-state index contributed by atoms with van der Waals surface area (Å²) >= 11 is 0. The molecule has 5 heteroatoms. The molecule has 1 atom stereocenters. The summed E-state index contributed by atoms with van der Waals surface area (Å²) in [4.78, 5) is 11.5. The average molecular weight is 283 g/mol. The number of nitrogens with two attached hydrogens (primary N) is 1. The fourth-order valence-corrected chi connectivity index (χ4v) is 2.73. The van der Waals surface area contributed by atoms with Gasteiger partial charge in [-0.05, 0) is 5.56 Å². The second-order valence-corrected chi connectivity index (χ2v) is 5.07. The van der Waals surface area contributed by atoms with Gasteiger partial charge in [0.05, 0.1) is 5.69 Å². The van der Waals surface area contributed by atoms with Crippen LogP contribution < -0.4 is 5.73 Å². The van der Waals surface area contributed by atoms with Crippen LogP contribution >= 0.6 is 0 Å². The number of benzene rings is 1. The van der Waals surface area contributed by atoms with E-state index in [1.807, 2.05) is 24.3 Å². The maximum Gasteiger partial charge on any atom is 0.269 e. The van der Waals surface area contributed by atoms with Crippen LogP contribution in [0.5, 0.6) is 0 Å². The van der Waals surface area contributed by atoms with Crippen molar-refractivity contribution >= 4 is 12.0 Å². The number of hydrogen-bond acceptors (Lipinski definition) is 3. The van der Waals surface area contributed by atoms with Gasteiger partial charge in [0.25, 0.3) is 5.91 Å². The molecule has 1 aromatic carbocycles. The SMILES string of the molecule is COCn1nc(C(N)=O)c2c1CC(c1ccccc1)C=C2. The number of fused-ring (bicyclic) bond motifs is 1. The number of primary amides is 1. The van der Waals surface area contributed by atoms with E-state index < -0.39 is 5.91 Å². The molecule has 0 spiro atoms. The summed E-state index contributed by atoms with van der Waals surface area (Å²) in [5.74, 6) is -0.240. The second-order valence-electron chi connectivity index (χ2n) is 5.07. The molecule has 21 heavy (non-hydrogen) atoms. The first-order valence-electron chi connectivity index (χ1n) is 6.82. The summed E-state index contributed by atoms with van der Waals surface area (Å²) in [6.45, 7) is 0.310. The quantitative estimate of drug-likeness (QED) is 0.932. The highest BCUT2D eigenvalue weighted by Crippen LogP contribution is 2.31. The molecule has 1 aromatic heterocycles. The number of amides is 1. The third kappa shape index (κ3) is 2.48. The number of aromatic nitrogens is 2. The minimum atomic E-state index is -0.510. The van der Waals surface area contributed by atoms with Gasteiger partial charge < -0.3 is 10.5 Å². The molecule has 0 radical (unpaired) electrons. The summed E-state index contributed by atoms with van der Waals surface area (Å²) in [5, 5.41) is 4.28. The van der Waals surface area contributed by atoms with Crippen molar-refractivity contribution in [3.05, 3.63) is 58.9 Å². The molecule has 1 amide bonds. The van der Waals surface area contributed by atoms with Crippen LogP contribution in [-0.4, -0.2) is 22.8 Å². The molecule has 1 aliphatic carbocycles. The van der Waals surface area contributed by atoms with Crippen molar-refractivity contribution in [2.45, 2.75) is 19.1 Å². The van der Waals surface area contributed by atoms with Gasteiger partial charge in [-0.1, -0.05) is 42.5 Å². The van der Waals surface area contributed by atoms with Gasteiger partial charge in [-0.3, -0.25) is 4.79 Å². The molecule has 0 saturated carbocycles. The first-order valence-corrected chi connectivity index (χ1v) is 6.82. The minimum Gasteiger partial charge on any atom is -0.364 e. The summed E-state index contributed by atoms with van der Waals surface area (Å²) < 4.78 is 6.87. The molecular formula is C16H17N3O2. The van der Waals surface area contributed by atoms with E-state index in [0.717, 1.165) is 17.7 Å².